The molecule has 0 unspecified atom stereocenters. The number of halogens is 1. The molecule has 0 saturated heterocycles. The van der Waals surface area contributed by atoms with Gasteiger partial charge in [-0.05, 0) is 28.1 Å². The molecule has 3 rings (SSSR count). The highest BCUT2D eigenvalue weighted by Gasteiger charge is 2.04. The van der Waals surface area contributed by atoms with Gasteiger partial charge in [0.1, 0.15) is 6.33 Å². The van der Waals surface area contributed by atoms with Gasteiger partial charge in [-0.1, -0.05) is 0 Å². The zero-order valence-corrected chi connectivity index (χ0v) is 11.2. The van der Waals surface area contributed by atoms with Crippen molar-refractivity contribution in [1.29, 1.82) is 0 Å². The smallest absolute Gasteiger partial charge is 0.243 e. The summed E-state index contributed by atoms with van der Waals surface area (Å²) in [5, 5.41) is 11.6. The highest BCUT2D eigenvalue weighted by atomic mass is 79.9. The number of pyridine rings is 1. The Morgan fingerprint density at radius 3 is 3.00 bits per heavy atom. The molecule has 0 radical (unpaired) electrons. The highest BCUT2D eigenvalue weighted by molar-refractivity contribution is 9.10. The average molecular weight is 308 g/mol. The van der Waals surface area contributed by atoms with Crippen molar-refractivity contribution in [2.24, 2.45) is 7.05 Å². The number of aromatic nitrogens is 6. The number of nitrogens with zero attached hydrogens (tertiary/aromatic N) is 6. The van der Waals surface area contributed by atoms with Crippen LogP contribution in [0.3, 0.4) is 0 Å². The lowest BCUT2D eigenvalue weighted by molar-refractivity contribution is 0.746. The molecule has 0 amide bonds. The van der Waals surface area contributed by atoms with Crippen LogP contribution in [0, 0.1) is 0 Å². The van der Waals surface area contributed by atoms with Crippen molar-refractivity contribution in [2.75, 3.05) is 5.32 Å². The molecule has 1 N–H and O–H groups in total. The fourth-order valence-electron chi connectivity index (χ4n) is 1.56. The third-order valence-electron chi connectivity index (χ3n) is 2.35. The molecular weight excluding hydrogens is 298 g/mol. The first-order chi connectivity index (χ1) is 8.70. The lowest BCUT2D eigenvalue weighted by atomic mass is 10.5. The maximum atomic E-state index is 4.33. The fourth-order valence-corrected chi connectivity index (χ4v) is 1.88. The van der Waals surface area contributed by atoms with E-state index in [1.54, 1.807) is 15.5 Å². The van der Waals surface area contributed by atoms with Crippen molar-refractivity contribution in [1.82, 2.24) is 29.4 Å². The van der Waals surface area contributed by atoms with Crippen LogP contribution in [-0.2, 0) is 13.6 Å². The Hall–Kier alpha value is -1.96. The van der Waals surface area contributed by atoms with E-state index in [9.17, 15) is 0 Å². The first-order valence-corrected chi connectivity index (χ1v) is 6.10. The Bertz CT molecular complexity index is 686. The van der Waals surface area contributed by atoms with Crippen LogP contribution >= 0.6 is 15.9 Å². The summed E-state index contributed by atoms with van der Waals surface area (Å²) < 4.78 is 4.32. The molecule has 3 heterocycles. The van der Waals surface area contributed by atoms with Crippen LogP contribution in [0.5, 0.6) is 0 Å². The van der Waals surface area contributed by atoms with Gasteiger partial charge in [0.15, 0.2) is 11.5 Å². The number of anilines is 1. The lowest BCUT2D eigenvalue weighted by Gasteiger charge is -1.95. The monoisotopic (exact) mass is 307 g/mol. The zero-order valence-electron chi connectivity index (χ0n) is 9.58. The molecule has 0 aliphatic rings. The van der Waals surface area contributed by atoms with Crippen molar-refractivity contribution >= 4 is 27.5 Å². The van der Waals surface area contributed by atoms with E-state index in [1.165, 1.54) is 0 Å². The molecule has 0 atom stereocenters. The minimum absolute atomic E-state index is 0.499. The van der Waals surface area contributed by atoms with E-state index in [-0.39, 0.29) is 0 Å². The number of hydrogen-bond donors (Lipinski definition) is 1. The van der Waals surface area contributed by atoms with E-state index in [1.807, 2.05) is 25.4 Å². The highest BCUT2D eigenvalue weighted by Crippen LogP contribution is 2.12. The molecule has 0 fully saturated rings. The number of aryl methyl sites for hydroxylation is 1. The molecule has 0 saturated carbocycles. The van der Waals surface area contributed by atoms with E-state index in [2.05, 4.69) is 41.4 Å². The van der Waals surface area contributed by atoms with Crippen LogP contribution in [0.15, 0.2) is 29.1 Å². The number of rotatable bonds is 3. The molecule has 7 nitrogen and oxygen atoms in total. The van der Waals surface area contributed by atoms with Gasteiger partial charge in [-0.2, -0.15) is 10.1 Å². The summed E-state index contributed by atoms with van der Waals surface area (Å²) in [5.74, 6) is 1.26. The van der Waals surface area contributed by atoms with Crippen molar-refractivity contribution in [3.63, 3.8) is 0 Å². The van der Waals surface area contributed by atoms with Gasteiger partial charge in [0.05, 0.1) is 6.54 Å². The summed E-state index contributed by atoms with van der Waals surface area (Å²) in [6, 6.07) is 3.81. The molecule has 92 valence electrons. The van der Waals surface area contributed by atoms with Gasteiger partial charge in [0.2, 0.25) is 5.95 Å². The Morgan fingerprint density at radius 2 is 2.22 bits per heavy atom. The summed E-state index contributed by atoms with van der Waals surface area (Å²) in [5.41, 5.74) is 0.787. The normalized spacial score (nSPS) is 11.0. The maximum absolute atomic E-state index is 4.33. The average Bonchev–Trinajstić information content (AvgIpc) is 2.92. The van der Waals surface area contributed by atoms with Crippen LogP contribution in [0.1, 0.15) is 5.82 Å². The van der Waals surface area contributed by atoms with Gasteiger partial charge in [-0.25, -0.2) is 9.50 Å². The summed E-state index contributed by atoms with van der Waals surface area (Å²) in [4.78, 5) is 8.45. The molecule has 0 spiro atoms. The van der Waals surface area contributed by atoms with Crippen molar-refractivity contribution in [2.45, 2.75) is 6.54 Å². The third-order valence-corrected chi connectivity index (χ3v) is 2.82. The zero-order chi connectivity index (χ0) is 12.5. The molecule has 0 aromatic carbocycles. The van der Waals surface area contributed by atoms with Gasteiger partial charge in [0.25, 0.3) is 0 Å². The maximum Gasteiger partial charge on any atom is 0.243 e. The molecule has 18 heavy (non-hydrogen) atoms. The molecular formula is C10H10BrN7. The molecule has 0 aliphatic carbocycles. The molecule has 3 aromatic rings. The first-order valence-electron chi connectivity index (χ1n) is 5.31. The second kappa shape index (κ2) is 4.37. The van der Waals surface area contributed by atoms with Gasteiger partial charge >= 0.3 is 0 Å². The van der Waals surface area contributed by atoms with Gasteiger partial charge < -0.3 is 5.32 Å². The molecule has 0 bridgehead atoms. The Labute approximate surface area is 111 Å². The van der Waals surface area contributed by atoms with Crippen molar-refractivity contribution in [3.05, 3.63) is 35.0 Å². The Balaban J connectivity index is 1.78. The van der Waals surface area contributed by atoms with Crippen LogP contribution in [-0.4, -0.2) is 29.4 Å². The summed E-state index contributed by atoms with van der Waals surface area (Å²) >= 11 is 3.39. The van der Waals surface area contributed by atoms with Crippen LogP contribution in [0.25, 0.3) is 5.65 Å². The molecule has 8 heteroatoms. The lowest BCUT2D eigenvalue weighted by Crippen LogP contribution is -2.03. The molecule has 3 aromatic heterocycles. The topological polar surface area (TPSA) is 72.9 Å². The predicted molar refractivity (Wildman–Crippen MR) is 69.0 cm³/mol. The summed E-state index contributed by atoms with van der Waals surface area (Å²) in [7, 11) is 1.83. The van der Waals surface area contributed by atoms with Gasteiger partial charge in [-0.15, -0.1) is 5.10 Å². The van der Waals surface area contributed by atoms with E-state index in [4.69, 9.17) is 0 Å². The standard InChI is InChI=1S/C10H10BrN7/c1-17-6-13-8(15-17)4-12-10-14-9-3-2-7(11)5-18(9)16-10/h2-3,5-6H,4H2,1H3,(H,12,16). The number of hydrogen-bond acceptors (Lipinski definition) is 5. The van der Waals surface area contributed by atoms with Crippen LogP contribution < -0.4 is 5.32 Å². The first kappa shape index (κ1) is 11.1. The molecule has 0 aliphatic heterocycles. The quantitative estimate of drug-likeness (QED) is 0.788. The summed E-state index contributed by atoms with van der Waals surface area (Å²) in [6.07, 6.45) is 3.51. The Kier molecular flexibility index (Phi) is 2.71. The van der Waals surface area contributed by atoms with Crippen LogP contribution in [0.4, 0.5) is 5.95 Å². The largest absolute Gasteiger partial charge is 0.346 e. The number of nitrogens with one attached hydrogen (secondary N) is 1. The van der Waals surface area contributed by atoms with Crippen molar-refractivity contribution < 1.29 is 0 Å². The van der Waals surface area contributed by atoms with Crippen molar-refractivity contribution in [3.8, 4) is 0 Å². The Morgan fingerprint density at radius 1 is 1.33 bits per heavy atom. The predicted octanol–water partition coefficient (Wildman–Crippen LogP) is 1.23. The van der Waals surface area contributed by atoms with Gasteiger partial charge in [-0.3, -0.25) is 4.68 Å². The van der Waals surface area contributed by atoms with E-state index < -0.39 is 0 Å². The minimum atomic E-state index is 0.499. The van der Waals surface area contributed by atoms with E-state index in [0.717, 1.165) is 10.1 Å². The summed E-state index contributed by atoms with van der Waals surface area (Å²) in [6.45, 7) is 0.499. The van der Waals surface area contributed by atoms with E-state index in [0.29, 0.717) is 18.3 Å². The SMILES string of the molecule is Cn1cnc(CNc2nc3ccc(Br)cn3n2)n1. The minimum Gasteiger partial charge on any atom is -0.346 e. The number of fused-ring (bicyclic) bond motifs is 1. The fraction of sp³-hybridized carbons (Fsp3) is 0.200. The van der Waals surface area contributed by atoms with E-state index >= 15 is 0 Å². The third kappa shape index (κ3) is 2.19. The second-order valence-electron chi connectivity index (χ2n) is 3.77. The van der Waals surface area contributed by atoms with Gasteiger partial charge in [0, 0.05) is 17.7 Å². The van der Waals surface area contributed by atoms with Crippen LogP contribution in [0.2, 0.25) is 0 Å². The second-order valence-corrected chi connectivity index (χ2v) is 4.69.